The maximum absolute atomic E-state index is 5.93. The molecule has 7 heteroatoms. The third kappa shape index (κ3) is 8.09. The van der Waals surface area contributed by atoms with Crippen LogP contribution >= 0.6 is 0 Å². The number of pyridine rings is 1. The van der Waals surface area contributed by atoms with Gasteiger partial charge in [-0.05, 0) is 51.0 Å². The predicted molar refractivity (Wildman–Crippen MR) is 128 cm³/mol. The lowest BCUT2D eigenvalue weighted by Gasteiger charge is -2.20. The average molecular weight is 428 g/mol. The summed E-state index contributed by atoms with van der Waals surface area (Å²) in [5.41, 5.74) is 3.35. The molecule has 2 N–H and O–H groups in total. The summed E-state index contributed by atoms with van der Waals surface area (Å²) in [5, 5.41) is 6.71. The first-order valence-electron chi connectivity index (χ1n) is 11.1. The van der Waals surface area contributed by atoms with Crippen molar-refractivity contribution >= 4 is 11.8 Å². The fourth-order valence-electron chi connectivity index (χ4n) is 3.14. The van der Waals surface area contributed by atoms with E-state index in [2.05, 4.69) is 76.6 Å². The first kappa shape index (κ1) is 24.5. The van der Waals surface area contributed by atoms with Gasteiger partial charge in [-0.2, -0.15) is 0 Å². The van der Waals surface area contributed by atoms with E-state index in [1.54, 1.807) is 7.05 Å². The van der Waals surface area contributed by atoms with Gasteiger partial charge in [-0.15, -0.1) is 0 Å². The number of hydrogen-bond donors (Lipinski definition) is 2. The third-order valence-electron chi connectivity index (χ3n) is 4.94. The molecule has 0 unspecified atom stereocenters. The summed E-state index contributed by atoms with van der Waals surface area (Å²) >= 11 is 0. The number of hydrogen-bond acceptors (Lipinski definition) is 5. The van der Waals surface area contributed by atoms with Gasteiger partial charge < -0.3 is 25.0 Å². The molecule has 0 fully saturated rings. The van der Waals surface area contributed by atoms with Crippen LogP contribution in [0.5, 0.6) is 5.75 Å². The highest BCUT2D eigenvalue weighted by atomic mass is 16.5. The zero-order chi connectivity index (χ0) is 22.5. The Morgan fingerprint density at radius 3 is 2.45 bits per heavy atom. The fraction of sp³-hybridized carbons (Fsp3) is 0.500. The number of aryl methyl sites for hydroxylation is 1. The minimum absolute atomic E-state index is 0.535. The fourth-order valence-corrected chi connectivity index (χ4v) is 3.14. The van der Waals surface area contributed by atoms with Crippen molar-refractivity contribution in [3.8, 4) is 5.75 Å². The van der Waals surface area contributed by atoms with Crippen LogP contribution < -0.4 is 20.3 Å². The van der Waals surface area contributed by atoms with Crippen molar-refractivity contribution in [2.24, 2.45) is 4.99 Å². The van der Waals surface area contributed by atoms with Gasteiger partial charge in [0.1, 0.15) is 18.2 Å². The number of aliphatic imine (C=N–C) groups is 1. The molecule has 0 atom stereocenters. The summed E-state index contributed by atoms with van der Waals surface area (Å²) in [4.78, 5) is 11.1. The number of aromatic nitrogens is 1. The highest BCUT2D eigenvalue weighted by Crippen LogP contribution is 2.20. The Bertz CT molecular complexity index is 804. The summed E-state index contributed by atoms with van der Waals surface area (Å²) in [6, 6.07) is 10.4. The SMILES string of the molecule is CCOCCOc1cc(C)ccc1CNC(=NC)NCc1ccc(N(CC)CC)nc1. The van der Waals surface area contributed by atoms with Crippen molar-refractivity contribution in [2.75, 3.05) is 44.9 Å². The largest absolute Gasteiger partial charge is 0.491 e. The molecule has 0 saturated heterocycles. The summed E-state index contributed by atoms with van der Waals surface area (Å²) in [6.45, 7) is 13.3. The van der Waals surface area contributed by atoms with Crippen molar-refractivity contribution in [3.05, 3.63) is 53.2 Å². The second-order valence-corrected chi connectivity index (χ2v) is 7.13. The number of guanidine groups is 1. The van der Waals surface area contributed by atoms with E-state index in [0.717, 1.165) is 41.7 Å². The molecule has 0 bridgehead atoms. The molecule has 0 radical (unpaired) electrons. The van der Waals surface area contributed by atoms with Crippen molar-refractivity contribution < 1.29 is 9.47 Å². The number of nitrogens with one attached hydrogen (secondary N) is 2. The number of anilines is 1. The Labute approximate surface area is 186 Å². The van der Waals surface area contributed by atoms with Gasteiger partial charge in [-0.25, -0.2) is 4.98 Å². The predicted octanol–water partition coefficient (Wildman–Crippen LogP) is 3.52. The van der Waals surface area contributed by atoms with E-state index in [4.69, 9.17) is 9.47 Å². The van der Waals surface area contributed by atoms with Gasteiger partial charge >= 0.3 is 0 Å². The zero-order valence-electron chi connectivity index (χ0n) is 19.6. The van der Waals surface area contributed by atoms with Crippen LogP contribution in [0.1, 0.15) is 37.5 Å². The molecule has 0 aliphatic carbocycles. The lowest BCUT2D eigenvalue weighted by atomic mass is 10.1. The Morgan fingerprint density at radius 1 is 1.03 bits per heavy atom. The van der Waals surface area contributed by atoms with Crippen LogP contribution in [-0.4, -0.2) is 50.9 Å². The Morgan fingerprint density at radius 2 is 1.81 bits per heavy atom. The van der Waals surface area contributed by atoms with E-state index < -0.39 is 0 Å². The van der Waals surface area contributed by atoms with Crippen LogP contribution in [0.15, 0.2) is 41.5 Å². The molecule has 0 aliphatic heterocycles. The number of benzene rings is 1. The molecule has 0 aliphatic rings. The first-order chi connectivity index (χ1) is 15.1. The van der Waals surface area contributed by atoms with Crippen LogP contribution in [0.3, 0.4) is 0 Å². The summed E-state index contributed by atoms with van der Waals surface area (Å²) in [6.07, 6.45) is 1.91. The molecule has 1 aromatic heterocycles. The van der Waals surface area contributed by atoms with Crippen LogP contribution in [-0.2, 0) is 17.8 Å². The molecule has 2 aromatic rings. The van der Waals surface area contributed by atoms with Gasteiger partial charge in [0.15, 0.2) is 5.96 Å². The molecular weight excluding hydrogens is 390 g/mol. The van der Waals surface area contributed by atoms with Crippen molar-refractivity contribution in [1.29, 1.82) is 0 Å². The average Bonchev–Trinajstić information content (AvgIpc) is 2.79. The minimum Gasteiger partial charge on any atom is -0.491 e. The number of ether oxygens (including phenoxy) is 2. The second-order valence-electron chi connectivity index (χ2n) is 7.13. The quantitative estimate of drug-likeness (QED) is 0.307. The van der Waals surface area contributed by atoms with Gasteiger partial charge in [0.25, 0.3) is 0 Å². The highest BCUT2D eigenvalue weighted by Gasteiger charge is 2.07. The molecule has 0 saturated carbocycles. The van der Waals surface area contributed by atoms with Gasteiger partial charge in [-0.1, -0.05) is 18.2 Å². The smallest absolute Gasteiger partial charge is 0.191 e. The van der Waals surface area contributed by atoms with E-state index in [-0.39, 0.29) is 0 Å². The minimum atomic E-state index is 0.535. The Hall–Kier alpha value is -2.80. The molecular formula is C24H37N5O2. The molecule has 7 nitrogen and oxygen atoms in total. The van der Waals surface area contributed by atoms with E-state index in [1.807, 2.05) is 13.1 Å². The summed E-state index contributed by atoms with van der Waals surface area (Å²) < 4.78 is 11.3. The van der Waals surface area contributed by atoms with Crippen molar-refractivity contribution in [3.63, 3.8) is 0 Å². The maximum atomic E-state index is 5.93. The van der Waals surface area contributed by atoms with Crippen molar-refractivity contribution in [2.45, 2.75) is 40.8 Å². The van der Waals surface area contributed by atoms with E-state index >= 15 is 0 Å². The molecule has 1 aromatic carbocycles. The standard InChI is InChI=1S/C24H37N5O2/c1-6-29(7-2)23-12-10-20(16-26-23)17-27-24(25-5)28-18-21-11-9-19(4)15-22(21)31-14-13-30-8-3/h9-12,15-16H,6-8,13-14,17-18H2,1-5H3,(H2,25,27,28). The molecule has 170 valence electrons. The molecule has 2 rings (SSSR count). The summed E-state index contributed by atoms with van der Waals surface area (Å²) in [7, 11) is 1.77. The van der Waals surface area contributed by atoms with Gasteiger partial charge in [0, 0.05) is 51.6 Å². The van der Waals surface area contributed by atoms with E-state index in [1.165, 1.54) is 5.56 Å². The first-order valence-corrected chi connectivity index (χ1v) is 11.1. The van der Waals surface area contributed by atoms with Crippen molar-refractivity contribution in [1.82, 2.24) is 15.6 Å². The van der Waals surface area contributed by atoms with Crippen LogP contribution in [0.4, 0.5) is 5.82 Å². The zero-order valence-corrected chi connectivity index (χ0v) is 19.6. The topological polar surface area (TPSA) is 71.0 Å². The molecule has 31 heavy (non-hydrogen) atoms. The van der Waals surface area contributed by atoms with E-state index in [0.29, 0.717) is 32.9 Å². The van der Waals surface area contributed by atoms with Crippen LogP contribution in [0.25, 0.3) is 0 Å². The number of nitrogens with zero attached hydrogens (tertiary/aromatic N) is 3. The highest BCUT2D eigenvalue weighted by molar-refractivity contribution is 5.79. The van der Waals surface area contributed by atoms with Crippen LogP contribution in [0, 0.1) is 6.92 Å². The van der Waals surface area contributed by atoms with E-state index in [9.17, 15) is 0 Å². The van der Waals surface area contributed by atoms with Gasteiger partial charge in [-0.3, -0.25) is 4.99 Å². The lowest BCUT2D eigenvalue weighted by molar-refractivity contribution is 0.110. The monoisotopic (exact) mass is 427 g/mol. The summed E-state index contributed by atoms with van der Waals surface area (Å²) in [5.74, 6) is 2.61. The van der Waals surface area contributed by atoms with Gasteiger partial charge in [0.2, 0.25) is 0 Å². The van der Waals surface area contributed by atoms with Crippen LogP contribution in [0.2, 0.25) is 0 Å². The second kappa shape index (κ2) is 13.5. The third-order valence-corrected chi connectivity index (χ3v) is 4.94. The maximum Gasteiger partial charge on any atom is 0.191 e. The molecule has 1 heterocycles. The Kier molecular flexibility index (Phi) is 10.6. The number of rotatable bonds is 12. The normalized spacial score (nSPS) is 11.3. The lowest BCUT2D eigenvalue weighted by Crippen LogP contribution is -2.36. The molecule has 0 spiro atoms. The molecule has 0 amide bonds. The Balaban J connectivity index is 1.89. The van der Waals surface area contributed by atoms with Gasteiger partial charge in [0.05, 0.1) is 6.61 Å².